The summed E-state index contributed by atoms with van der Waals surface area (Å²) in [5, 5.41) is 17.2. The number of halogens is 1. The molecule has 36 heavy (non-hydrogen) atoms. The number of nitrogen functional groups attached to an aromatic ring is 1. The van der Waals surface area contributed by atoms with Gasteiger partial charge in [0.15, 0.2) is 0 Å². The van der Waals surface area contributed by atoms with E-state index >= 15 is 4.39 Å². The van der Waals surface area contributed by atoms with Gasteiger partial charge in [0, 0.05) is 50.4 Å². The van der Waals surface area contributed by atoms with Crippen LogP contribution in [0.5, 0.6) is 0 Å². The van der Waals surface area contributed by atoms with Gasteiger partial charge in [0.1, 0.15) is 21.6 Å². The van der Waals surface area contributed by atoms with Gasteiger partial charge in [-0.05, 0) is 55.5 Å². The van der Waals surface area contributed by atoms with E-state index in [-0.39, 0.29) is 23.9 Å². The highest BCUT2D eigenvalue weighted by Crippen LogP contribution is 2.35. The van der Waals surface area contributed by atoms with Gasteiger partial charge in [0.25, 0.3) is 5.91 Å². The SMILES string of the molecule is COC1CNCCN(c2cc(F)c3c(c2C#N)CC[C@@H](NC(=O)c2sc4nc(C)ccc4c2N)C3)C1. The lowest BCUT2D eigenvalue weighted by Gasteiger charge is -2.31. The molecule has 3 aromatic rings. The maximum absolute atomic E-state index is 15.4. The number of ether oxygens (including phenoxy) is 1. The van der Waals surface area contributed by atoms with E-state index in [4.69, 9.17) is 10.5 Å². The van der Waals surface area contributed by atoms with Gasteiger partial charge in [0.05, 0.1) is 23.0 Å². The molecule has 0 spiro atoms. The smallest absolute Gasteiger partial charge is 0.263 e. The van der Waals surface area contributed by atoms with Crippen LogP contribution in [0.2, 0.25) is 0 Å². The summed E-state index contributed by atoms with van der Waals surface area (Å²) in [6.07, 6.45) is 1.40. The van der Waals surface area contributed by atoms with Crippen LogP contribution in [0.3, 0.4) is 0 Å². The summed E-state index contributed by atoms with van der Waals surface area (Å²) in [6, 6.07) is 7.29. The molecule has 1 aromatic carbocycles. The Labute approximate surface area is 213 Å². The number of fused-ring (bicyclic) bond motifs is 2. The van der Waals surface area contributed by atoms with Crippen LogP contribution in [0.4, 0.5) is 15.8 Å². The number of aryl methyl sites for hydroxylation is 1. The van der Waals surface area contributed by atoms with Gasteiger partial charge in [0.2, 0.25) is 0 Å². The molecule has 1 aliphatic heterocycles. The molecular weight excluding hydrogens is 479 g/mol. The van der Waals surface area contributed by atoms with Crippen molar-refractivity contribution in [2.75, 3.05) is 43.9 Å². The minimum absolute atomic E-state index is 0.0434. The molecule has 8 nitrogen and oxygen atoms in total. The molecule has 10 heteroatoms. The van der Waals surface area contributed by atoms with E-state index in [9.17, 15) is 10.1 Å². The summed E-state index contributed by atoms with van der Waals surface area (Å²) in [6.45, 7) is 4.58. The number of hydrogen-bond donors (Lipinski definition) is 3. The number of benzene rings is 1. The molecule has 5 rings (SSSR count). The Morgan fingerprint density at radius 2 is 2.25 bits per heavy atom. The zero-order valence-corrected chi connectivity index (χ0v) is 21.2. The van der Waals surface area contributed by atoms with E-state index in [1.54, 1.807) is 7.11 Å². The van der Waals surface area contributed by atoms with Gasteiger partial charge < -0.3 is 26.0 Å². The Bertz CT molecular complexity index is 1370. The molecule has 2 aliphatic rings. The van der Waals surface area contributed by atoms with Crippen molar-refractivity contribution in [1.29, 1.82) is 5.26 Å². The number of hydrogen-bond acceptors (Lipinski definition) is 8. The zero-order valence-electron chi connectivity index (χ0n) is 20.4. The average Bonchev–Trinajstić information content (AvgIpc) is 3.04. The van der Waals surface area contributed by atoms with Crippen LogP contribution in [0.25, 0.3) is 10.2 Å². The second-order valence-corrected chi connectivity index (χ2v) is 10.4. The highest BCUT2D eigenvalue weighted by molar-refractivity contribution is 7.21. The second kappa shape index (κ2) is 10.0. The molecule has 0 bridgehead atoms. The number of nitrogens with two attached hydrogens (primary N) is 1. The van der Waals surface area contributed by atoms with Crippen LogP contribution in [-0.4, -0.2) is 56.3 Å². The molecule has 1 unspecified atom stereocenters. The maximum atomic E-state index is 15.4. The van der Waals surface area contributed by atoms with E-state index in [2.05, 4.69) is 21.7 Å². The maximum Gasteiger partial charge on any atom is 0.263 e. The van der Waals surface area contributed by atoms with Crippen LogP contribution in [-0.2, 0) is 17.6 Å². The molecule has 2 aromatic heterocycles. The van der Waals surface area contributed by atoms with Crippen LogP contribution >= 0.6 is 11.3 Å². The minimum atomic E-state index is -0.342. The first-order valence-corrected chi connectivity index (χ1v) is 12.9. The topological polar surface area (TPSA) is 116 Å². The molecule has 0 radical (unpaired) electrons. The number of carbonyl (C=O) groups excluding carboxylic acids is 1. The molecule has 1 fully saturated rings. The number of nitrogens with zero attached hydrogens (tertiary/aromatic N) is 3. The first-order chi connectivity index (χ1) is 17.4. The second-order valence-electron chi connectivity index (χ2n) is 9.39. The zero-order chi connectivity index (χ0) is 25.4. The van der Waals surface area contributed by atoms with E-state index in [0.29, 0.717) is 66.3 Å². The normalized spacial score (nSPS) is 20.0. The van der Waals surface area contributed by atoms with Gasteiger partial charge >= 0.3 is 0 Å². The van der Waals surface area contributed by atoms with Gasteiger partial charge in [-0.2, -0.15) is 5.26 Å². The molecule has 4 N–H and O–H groups in total. The van der Waals surface area contributed by atoms with Crippen LogP contribution < -0.4 is 21.3 Å². The Morgan fingerprint density at radius 1 is 1.42 bits per heavy atom. The van der Waals surface area contributed by atoms with Gasteiger partial charge in [-0.25, -0.2) is 9.37 Å². The van der Waals surface area contributed by atoms with Crippen molar-refractivity contribution in [3.05, 3.63) is 51.3 Å². The predicted molar refractivity (Wildman–Crippen MR) is 139 cm³/mol. The van der Waals surface area contributed by atoms with E-state index in [1.807, 2.05) is 24.0 Å². The Morgan fingerprint density at radius 3 is 3.03 bits per heavy atom. The Hall–Kier alpha value is -3.26. The molecule has 1 amide bonds. The number of nitriles is 1. The third kappa shape index (κ3) is 4.50. The minimum Gasteiger partial charge on any atom is -0.397 e. The highest BCUT2D eigenvalue weighted by atomic mass is 32.1. The fraction of sp³-hybridized carbons (Fsp3) is 0.423. The number of carbonyl (C=O) groups is 1. The number of nitrogens with one attached hydrogen (secondary N) is 2. The summed E-state index contributed by atoms with van der Waals surface area (Å²) in [5.74, 6) is -0.619. The molecule has 0 saturated carbocycles. The summed E-state index contributed by atoms with van der Waals surface area (Å²) in [4.78, 5) is 20.7. The number of anilines is 2. The standard InChI is InChI=1S/C26H29FN6O2S/c1-14-3-5-18-23(29)24(36-26(18)31-14)25(34)32-15-4-6-17-19(9-15)21(27)10-22(20(17)11-28)33-8-7-30-12-16(13-33)35-2/h3,5,10,15-16,30H,4,6-9,12-13,29H2,1-2H3,(H,32,34)/t15-,16?/m1/s1. The first-order valence-electron chi connectivity index (χ1n) is 12.1. The fourth-order valence-corrected chi connectivity index (χ4v) is 6.20. The third-order valence-corrected chi connectivity index (χ3v) is 8.20. The molecule has 3 heterocycles. The van der Waals surface area contributed by atoms with Crippen molar-refractivity contribution >= 4 is 38.8 Å². The molecule has 1 aliphatic carbocycles. The summed E-state index contributed by atoms with van der Waals surface area (Å²) >= 11 is 1.26. The lowest BCUT2D eigenvalue weighted by Crippen LogP contribution is -2.39. The fourth-order valence-electron chi connectivity index (χ4n) is 5.15. The van der Waals surface area contributed by atoms with Gasteiger partial charge in [-0.15, -0.1) is 11.3 Å². The quantitative estimate of drug-likeness (QED) is 0.496. The van der Waals surface area contributed by atoms with E-state index < -0.39 is 0 Å². The molecule has 2 atom stereocenters. The van der Waals surface area contributed by atoms with Crippen LogP contribution in [0.1, 0.15) is 38.5 Å². The van der Waals surface area contributed by atoms with Crippen molar-refractivity contribution in [2.24, 2.45) is 0 Å². The number of rotatable bonds is 4. The number of thiophene rings is 1. The lowest BCUT2D eigenvalue weighted by molar-refractivity contribution is 0.0938. The Kier molecular flexibility index (Phi) is 6.79. The van der Waals surface area contributed by atoms with Crippen molar-refractivity contribution in [3.8, 4) is 6.07 Å². The number of pyridine rings is 1. The van der Waals surface area contributed by atoms with Crippen molar-refractivity contribution in [1.82, 2.24) is 15.6 Å². The van der Waals surface area contributed by atoms with Crippen molar-refractivity contribution < 1.29 is 13.9 Å². The van der Waals surface area contributed by atoms with Crippen molar-refractivity contribution in [3.63, 3.8) is 0 Å². The predicted octanol–water partition coefficient (Wildman–Crippen LogP) is 2.91. The summed E-state index contributed by atoms with van der Waals surface area (Å²) < 4.78 is 21.0. The Balaban J connectivity index is 1.38. The van der Waals surface area contributed by atoms with Crippen LogP contribution in [0, 0.1) is 24.1 Å². The first kappa shape index (κ1) is 24.4. The number of methoxy groups -OCH3 is 1. The highest BCUT2D eigenvalue weighted by Gasteiger charge is 2.30. The number of aromatic nitrogens is 1. The molecular formula is C26H29FN6O2S. The average molecular weight is 509 g/mol. The van der Waals surface area contributed by atoms with E-state index in [1.165, 1.54) is 17.4 Å². The summed E-state index contributed by atoms with van der Waals surface area (Å²) in [5.41, 5.74) is 9.90. The van der Waals surface area contributed by atoms with Gasteiger partial charge in [-0.1, -0.05) is 0 Å². The largest absolute Gasteiger partial charge is 0.397 e. The molecule has 188 valence electrons. The summed E-state index contributed by atoms with van der Waals surface area (Å²) in [7, 11) is 1.66. The third-order valence-electron chi connectivity index (χ3n) is 7.08. The monoisotopic (exact) mass is 508 g/mol. The van der Waals surface area contributed by atoms with Crippen LogP contribution in [0.15, 0.2) is 18.2 Å². The van der Waals surface area contributed by atoms with E-state index in [0.717, 1.165) is 28.0 Å². The van der Waals surface area contributed by atoms with Crippen molar-refractivity contribution in [2.45, 2.75) is 38.3 Å². The van der Waals surface area contributed by atoms with Gasteiger partial charge in [-0.3, -0.25) is 4.79 Å². The molecule has 1 saturated heterocycles. The lowest BCUT2D eigenvalue weighted by atomic mass is 9.84. The number of amides is 1.